The van der Waals surface area contributed by atoms with Crippen LogP contribution in [0, 0.1) is 0 Å². The molecule has 0 unspecified atom stereocenters. The monoisotopic (exact) mass is 240 g/mol. The maximum absolute atomic E-state index is 11.9. The molecule has 2 aromatic rings. The van der Waals surface area contributed by atoms with Gasteiger partial charge in [0.2, 0.25) is 0 Å². The quantitative estimate of drug-likeness (QED) is 0.878. The van der Waals surface area contributed by atoms with Gasteiger partial charge in [-0.25, -0.2) is 4.79 Å². The number of nitrogens with zero attached hydrogens (tertiary/aromatic N) is 1. The molecule has 0 saturated carbocycles. The lowest BCUT2D eigenvalue weighted by atomic mass is 10.2. The summed E-state index contributed by atoms with van der Waals surface area (Å²) in [6, 6.07) is 19.3. The molecule has 0 aromatic heterocycles. The van der Waals surface area contributed by atoms with Crippen LogP contribution in [0.15, 0.2) is 60.7 Å². The van der Waals surface area contributed by atoms with E-state index < -0.39 is 0 Å². The van der Waals surface area contributed by atoms with Crippen LogP contribution in [-0.2, 0) is 6.54 Å². The minimum absolute atomic E-state index is 0.106. The maximum Gasteiger partial charge on any atom is 0.321 e. The average molecular weight is 240 g/mol. The molecule has 1 N–H and O–H groups in total. The predicted octanol–water partition coefficient (Wildman–Crippen LogP) is 3.03. The summed E-state index contributed by atoms with van der Waals surface area (Å²) in [5.74, 6) is 0. The maximum atomic E-state index is 11.9. The summed E-state index contributed by atoms with van der Waals surface area (Å²) in [6.07, 6.45) is 0. The van der Waals surface area contributed by atoms with Gasteiger partial charge in [-0.1, -0.05) is 48.5 Å². The van der Waals surface area contributed by atoms with Crippen molar-refractivity contribution in [2.75, 3.05) is 11.9 Å². The molecular formula is C15H16N2O. The van der Waals surface area contributed by atoms with Crippen molar-refractivity contribution in [2.45, 2.75) is 6.54 Å². The summed E-state index contributed by atoms with van der Waals surface area (Å²) in [4.78, 5) is 13.5. The molecule has 92 valence electrons. The third-order valence-electron chi connectivity index (χ3n) is 2.73. The Kier molecular flexibility index (Phi) is 3.97. The number of rotatable bonds is 3. The molecule has 0 bridgehead atoms. The third kappa shape index (κ3) is 3.10. The second-order valence-corrected chi connectivity index (χ2v) is 4.04. The van der Waals surface area contributed by atoms with Crippen LogP contribution in [0.2, 0.25) is 0 Å². The molecule has 0 fully saturated rings. The van der Waals surface area contributed by atoms with Gasteiger partial charge in [0.15, 0.2) is 0 Å². The molecule has 0 aliphatic rings. The predicted molar refractivity (Wildman–Crippen MR) is 73.5 cm³/mol. The Morgan fingerprint density at radius 3 is 2.17 bits per heavy atom. The summed E-state index contributed by atoms with van der Waals surface area (Å²) in [6.45, 7) is 0.539. The molecule has 0 aliphatic carbocycles. The van der Waals surface area contributed by atoms with Crippen molar-refractivity contribution in [3.63, 3.8) is 0 Å². The standard InChI is InChI=1S/C15H16N2O/c1-17(14-10-6-3-7-11-14)15(18)16-12-13-8-4-2-5-9-13/h2-11H,12H2,1H3,(H,16,18). The zero-order valence-corrected chi connectivity index (χ0v) is 10.3. The minimum Gasteiger partial charge on any atom is -0.334 e. The Labute approximate surface area is 107 Å². The van der Waals surface area contributed by atoms with E-state index in [4.69, 9.17) is 0 Å². The molecule has 2 rings (SSSR count). The Bertz CT molecular complexity index is 496. The number of benzene rings is 2. The van der Waals surface area contributed by atoms with E-state index in [1.165, 1.54) is 0 Å². The molecule has 2 aromatic carbocycles. The molecule has 2 amide bonds. The van der Waals surface area contributed by atoms with Gasteiger partial charge < -0.3 is 5.32 Å². The smallest absolute Gasteiger partial charge is 0.321 e. The van der Waals surface area contributed by atoms with Crippen LogP contribution >= 0.6 is 0 Å². The summed E-state index contributed by atoms with van der Waals surface area (Å²) < 4.78 is 0. The summed E-state index contributed by atoms with van der Waals surface area (Å²) in [7, 11) is 1.76. The third-order valence-corrected chi connectivity index (χ3v) is 2.73. The number of para-hydroxylation sites is 1. The van der Waals surface area contributed by atoms with E-state index in [1.807, 2.05) is 60.7 Å². The Morgan fingerprint density at radius 1 is 1.00 bits per heavy atom. The van der Waals surface area contributed by atoms with Gasteiger partial charge in [-0.3, -0.25) is 4.90 Å². The molecule has 0 aliphatic heterocycles. The largest absolute Gasteiger partial charge is 0.334 e. The fourth-order valence-corrected chi connectivity index (χ4v) is 1.66. The number of anilines is 1. The van der Waals surface area contributed by atoms with Gasteiger partial charge >= 0.3 is 6.03 Å². The van der Waals surface area contributed by atoms with Gasteiger partial charge in [0.25, 0.3) is 0 Å². The highest BCUT2D eigenvalue weighted by Gasteiger charge is 2.09. The van der Waals surface area contributed by atoms with Gasteiger partial charge in [0.05, 0.1) is 0 Å². The lowest BCUT2D eigenvalue weighted by Crippen LogP contribution is -2.36. The van der Waals surface area contributed by atoms with Gasteiger partial charge in [0.1, 0.15) is 0 Å². The molecule has 0 atom stereocenters. The highest BCUT2D eigenvalue weighted by Crippen LogP contribution is 2.10. The highest BCUT2D eigenvalue weighted by atomic mass is 16.2. The highest BCUT2D eigenvalue weighted by molar-refractivity contribution is 5.91. The Morgan fingerprint density at radius 2 is 1.56 bits per heavy atom. The van der Waals surface area contributed by atoms with E-state index in [-0.39, 0.29) is 6.03 Å². The Balaban J connectivity index is 1.93. The number of hydrogen-bond acceptors (Lipinski definition) is 1. The molecule has 3 nitrogen and oxygen atoms in total. The van der Waals surface area contributed by atoms with Crippen LogP contribution in [0.3, 0.4) is 0 Å². The first-order valence-corrected chi connectivity index (χ1v) is 5.88. The van der Waals surface area contributed by atoms with Crippen LogP contribution in [0.1, 0.15) is 5.56 Å². The first kappa shape index (κ1) is 12.2. The first-order chi connectivity index (χ1) is 8.77. The van der Waals surface area contributed by atoms with Gasteiger partial charge in [-0.05, 0) is 17.7 Å². The van der Waals surface area contributed by atoms with Crippen LogP contribution in [0.5, 0.6) is 0 Å². The van der Waals surface area contributed by atoms with E-state index in [1.54, 1.807) is 11.9 Å². The number of carbonyl (C=O) groups is 1. The van der Waals surface area contributed by atoms with Gasteiger partial charge in [0, 0.05) is 19.3 Å². The number of urea groups is 1. The first-order valence-electron chi connectivity index (χ1n) is 5.88. The topological polar surface area (TPSA) is 32.3 Å². The summed E-state index contributed by atoms with van der Waals surface area (Å²) >= 11 is 0. The van der Waals surface area contributed by atoms with Crippen LogP contribution < -0.4 is 10.2 Å². The molecule has 0 heterocycles. The van der Waals surface area contributed by atoms with E-state index in [2.05, 4.69) is 5.32 Å². The lowest BCUT2D eigenvalue weighted by molar-refractivity contribution is 0.247. The molecule has 0 saturated heterocycles. The molecule has 0 radical (unpaired) electrons. The van der Waals surface area contributed by atoms with Crippen molar-refractivity contribution in [3.8, 4) is 0 Å². The summed E-state index contributed by atoms with van der Waals surface area (Å²) in [5.41, 5.74) is 1.97. The van der Waals surface area contributed by atoms with Crippen molar-refractivity contribution >= 4 is 11.7 Å². The number of nitrogens with one attached hydrogen (secondary N) is 1. The fourth-order valence-electron chi connectivity index (χ4n) is 1.66. The number of amides is 2. The van der Waals surface area contributed by atoms with E-state index in [0.29, 0.717) is 6.54 Å². The molecular weight excluding hydrogens is 224 g/mol. The van der Waals surface area contributed by atoms with Gasteiger partial charge in [-0.2, -0.15) is 0 Å². The van der Waals surface area contributed by atoms with E-state index in [0.717, 1.165) is 11.3 Å². The number of carbonyl (C=O) groups excluding carboxylic acids is 1. The van der Waals surface area contributed by atoms with Crippen LogP contribution in [0.25, 0.3) is 0 Å². The SMILES string of the molecule is CN(C(=O)NCc1ccccc1)c1ccccc1. The number of hydrogen-bond donors (Lipinski definition) is 1. The van der Waals surface area contributed by atoms with Crippen molar-refractivity contribution < 1.29 is 4.79 Å². The van der Waals surface area contributed by atoms with Crippen LogP contribution in [-0.4, -0.2) is 13.1 Å². The fraction of sp³-hybridized carbons (Fsp3) is 0.133. The van der Waals surface area contributed by atoms with Crippen LogP contribution in [0.4, 0.5) is 10.5 Å². The zero-order chi connectivity index (χ0) is 12.8. The lowest BCUT2D eigenvalue weighted by Gasteiger charge is -2.17. The molecule has 18 heavy (non-hydrogen) atoms. The second-order valence-electron chi connectivity index (χ2n) is 4.04. The Hall–Kier alpha value is -2.29. The van der Waals surface area contributed by atoms with Crippen molar-refractivity contribution in [1.29, 1.82) is 0 Å². The summed E-state index contributed by atoms with van der Waals surface area (Å²) in [5, 5.41) is 2.88. The molecule has 3 heteroatoms. The zero-order valence-electron chi connectivity index (χ0n) is 10.3. The van der Waals surface area contributed by atoms with Crippen molar-refractivity contribution in [2.24, 2.45) is 0 Å². The van der Waals surface area contributed by atoms with Crippen molar-refractivity contribution in [1.82, 2.24) is 5.32 Å². The minimum atomic E-state index is -0.106. The normalized spacial score (nSPS) is 9.83. The van der Waals surface area contributed by atoms with E-state index in [9.17, 15) is 4.79 Å². The van der Waals surface area contributed by atoms with E-state index >= 15 is 0 Å². The van der Waals surface area contributed by atoms with Gasteiger partial charge in [-0.15, -0.1) is 0 Å². The average Bonchev–Trinajstić information content (AvgIpc) is 2.46. The molecule has 0 spiro atoms. The van der Waals surface area contributed by atoms with Crippen molar-refractivity contribution in [3.05, 3.63) is 66.2 Å². The second kappa shape index (κ2) is 5.87.